The second kappa shape index (κ2) is 18.0. The largest absolute Gasteiger partial charge is 1.00 e. The zero-order valence-corrected chi connectivity index (χ0v) is 22.7. The van der Waals surface area contributed by atoms with Crippen molar-refractivity contribution in [1.82, 2.24) is 0 Å². The van der Waals surface area contributed by atoms with E-state index in [1.807, 2.05) is 24.3 Å². The van der Waals surface area contributed by atoms with Gasteiger partial charge in [-0.3, -0.25) is 0 Å². The summed E-state index contributed by atoms with van der Waals surface area (Å²) in [6.45, 7) is 4.24. The van der Waals surface area contributed by atoms with Crippen molar-refractivity contribution in [3.63, 3.8) is 0 Å². The summed E-state index contributed by atoms with van der Waals surface area (Å²) in [6.07, 6.45) is 14.8. The van der Waals surface area contributed by atoms with Gasteiger partial charge in [0.1, 0.15) is 10.1 Å². The molecule has 0 aromatic heterocycles. The topological polar surface area (TPSA) is 110 Å². The first-order chi connectivity index (χ1) is 15.3. The molecule has 0 aliphatic carbocycles. The van der Waals surface area contributed by atoms with Crippen LogP contribution in [-0.4, -0.2) is 38.1 Å². The van der Waals surface area contributed by atoms with Crippen LogP contribution in [0.1, 0.15) is 85.9 Å². The average molecular weight is 489 g/mol. The van der Waals surface area contributed by atoms with E-state index in [0.717, 1.165) is 44.6 Å². The van der Waals surface area contributed by atoms with Gasteiger partial charge in [0, 0.05) is 0 Å². The molecule has 0 atom stereocenters. The Morgan fingerprint density at radius 3 is 1.82 bits per heavy atom. The molecule has 0 fully saturated rings. The minimum Gasteiger partial charge on any atom is -0.744 e. The fraction of sp³-hybridized carbons (Fsp3) is 0.500. The van der Waals surface area contributed by atoms with Crippen LogP contribution in [0.5, 0.6) is 0 Å². The van der Waals surface area contributed by atoms with Crippen LogP contribution in [0.4, 0.5) is 0 Å². The van der Waals surface area contributed by atoms with E-state index < -0.39 is 32.5 Å². The molecule has 0 aliphatic heterocycles. The van der Waals surface area contributed by atoms with Crippen LogP contribution in [0.25, 0.3) is 0 Å². The van der Waals surface area contributed by atoms with Crippen molar-refractivity contribution in [2.24, 2.45) is 0 Å². The molecule has 7 nitrogen and oxygen atoms in total. The first kappa shape index (κ1) is 31.6. The van der Waals surface area contributed by atoms with Crippen molar-refractivity contribution in [1.29, 1.82) is 0 Å². The Balaban J connectivity index is 0.0000102. The van der Waals surface area contributed by atoms with Crippen molar-refractivity contribution in [3.05, 3.63) is 53.6 Å². The molecule has 0 spiro atoms. The molecule has 0 radical (unpaired) electrons. The van der Waals surface area contributed by atoms with E-state index in [-0.39, 0.29) is 48.3 Å². The maximum Gasteiger partial charge on any atom is 1.00 e. The monoisotopic (exact) mass is 488 g/mol. The summed E-state index contributed by atoms with van der Waals surface area (Å²) in [4.78, 5) is 24.3. The number of esters is 2. The maximum atomic E-state index is 12.6. The molecule has 0 bridgehead atoms. The Morgan fingerprint density at radius 2 is 1.33 bits per heavy atom. The molecule has 0 saturated heterocycles. The van der Waals surface area contributed by atoms with Gasteiger partial charge >= 0.3 is 41.5 Å². The van der Waals surface area contributed by atoms with Gasteiger partial charge < -0.3 is 14.0 Å². The summed E-state index contributed by atoms with van der Waals surface area (Å²) < 4.78 is 45.3. The second-order valence-electron chi connectivity index (χ2n) is 7.21. The van der Waals surface area contributed by atoms with Crippen LogP contribution < -0.4 is 29.6 Å². The first-order valence-electron chi connectivity index (χ1n) is 11.1. The molecule has 0 N–H and O–H groups in total. The summed E-state index contributed by atoms with van der Waals surface area (Å²) in [7, 11) is -5.00. The quantitative estimate of drug-likeness (QED) is 0.122. The number of carbonyl (C=O) groups is 2. The van der Waals surface area contributed by atoms with E-state index in [1.165, 1.54) is 12.1 Å². The van der Waals surface area contributed by atoms with E-state index in [4.69, 9.17) is 9.47 Å². The van der Waals surface area contributed by atoms with Gasteiger partial charge in [-0.05, 0) is 37.8 Å². The van der Waals surface area contributed by atoms with Gasteiger partial charge in [-0.15, -0.1) is 0 Å². The summed E-state index contributed by atoms with van der Waals surface area (Å²) in [6, 6.07) is 3.45. The Bertz CT molecular complexity index is 892. The molecule has 9 heteroatoms. The molecule has 0 heterocycles. The van der Waals surface area contributed by atoms with Crippen molar-refractivity contribution in [3.8, 4) is 0 Å². The number of benzene rings is 1. The third-order valence-corrected chi connectivity index (χ3v) is 5.42. The number of carbonyl (C=O) groups excluding carboxylic acids is 2. The molecule has 0 saturated carbocycles. The third-order valence-electron chi connectivity index (χ3n) is 4.54. The number of hydrogen-bond acceptors (Lipinski definition) is 7. The minimum absolute atomic E-state index is 0. The van der Waals surface area contributed by atoms with E-state index in [2.05, 4.69) is 13.8 Å². The second-order valence-corrected chi connectivity index (χ2v) is 8.56. The molecular formula is C24H33NaO7S. The van der Waals surface area contributed by atoms with Crippen LogP contribution in [-0.2, 0) is 19.6 Å². The first-order valence-corrected chi connectivity index (χ1v) is 12.5. The number of rotatable bonds is 15. The molecule has 0 amide bonds. The molecular weight excluding hydrogens is 455 g/mol. The van der Waals surface area contributed by atoms with Crippen LogP contribution in [0.3, 0.4) is 0 Å². The van der Waals surface area contributed by atoms with Crippen molar-refractivity contribution in [2.75, 3.05) is 13.2 Å². The van der Waals surface area contributed by atoms with Crippen molar-refractivity contribution in [2.45, 2.75) is 70.1 Å². The standard InChI is InChI=1S/C24H34O7S.Na/c1-3-5-7-9-11-13-18-30-23(25)20-16-15-17-21(32(27,28)29)22(20)24(26)31-19-14-12-10-8-6-4-2;/h9-12,15-17H,3-8,13-14,18-19H2,1-2H3,(H,27,28,29);/q;+1/p-1/b11-9+,12-10+;. The molecule has 0 unspecified atom stereocenters. The smallest absolute Gasteiger partial charge is 0.744 e. The Hall–Kier alpha value is -1.45. The molecule has 0 aliphatic rings. The SMILES string of the molecule is CCCC/C=C/CCOC(=O)c1cccc(S(=O)(=O)[O-])c1C(=O)OCC/C=C/CCCC.[Na+]. The van der Waals surface area contributed by atoms with Crippen molar-refractivity contribution >= 4 is 22.1 Å². The van der Waals surface area contributed by atoms with Gasteiger partial charge in [0.15, 0.2) is 0 Å². The molecule has 33 heavy (non-hydrogen) atoms. The summed E-state index contributed by atoms with van der Waals surface area (Å²) in [5.41, 5.74) is -0.888. The Kier molecular flexibility index (Phi) is 17.2. The number of allylic oxidation sites excluding steroid dienone is 2. The molecule has 1 rings (SSSR count). The van der Waals surface area contributed by atoms with Gasteiger partial charge in [0.05, 0.1) is 29.2 Å². The molecule has 1 aromatic carbocycles. The van der Waals surface area contributed by atoms with Crippen LogP contribution in [0.15, 0.2) is 47.4 Å². The van der Waals surface area contributed by atoms with E-state index in [1.54, 1.807) is 0 Å². The summed E-state index contributed by atoms with van der Waals surface area (Å²) in [5, 5.41) is 0. The maximum absolute atomic E-state index is 12.6. The predicted octanol–water partition coefficient (Wildman–Crippen LogP) is 2.18. The minimum atomic E-state index is -5.00. The molecule has 1 aromatic rings. The van der Waals surface area contributed by atoms with Crippen molar-refractivity contribution < 1.29 is 61.6 Å². The fourth-order valence-corrected chi connectivity index (χ4v) is 3.51. The van der Waals surface area contributed by atoms with E-state index >= 15 is 0 Å². The summed E-state index contributed by atoms with van der Waals surface area (Å²) >= 11 is 0. The normalized spacial score (nSPS) is 11.5. The van der Waals surface area contributed by atoms with Crippen LogP contribution in [0.2, 0.25) is 0 Å². The van der Waals surface area contributed by atoms with E-state index in [0.29, 0.717) is 12.8 Å². The number of hydrogen-bond donors (Lipinski definition) is 0. The van der Waals surface area contributed by atoms with Gasteiger partial charge in [-0.1, -0.05) is 69.9 Å². The third kappa shape index (κ3) is 12.5. The number of ether oxygens (including phenoxy) is 2. The van der Waals surface area contributed by atoms with Gasteiger partial charge in [-0.25, -0.2) is 18.0 Å². The predicted molar refractivity (Wildman–Crippen MR) is 122 cm³/mol. The average Bonchev–Trinajstić information content (AvgIpc) is 2.76. The number of unbranched alkanes of at least 4 members (excludes halogenated alkanes) is 4. The van der Waals surface area contributed by atoms with Crippen LogP contribution >= 0.6 is 0 Å². The van der Waals surface area contributed by atoms with Crippen LogP contribution in [0, 0.1) is 0 Å². The molecule has 178 valence electrons. The summed E-state index contributed by atoms with van der Waals surface area (Å²) in [5.74, 6) is -1.93. The van der Waals surface area contributed by atoms with E-state index in [9.17, 15) is 22.6 Å². The fourth-order valence-electron chi connectivity index (χ4n) is 2.82. The van der Waals surface area contributed by atoms with Gasteiger partial charge in [-0.2, -0.15) is 0 Å². The zero-order valence-electron chi connectivity index (χ0n) is 19.9. The zero-order chi connectivity index (χ0) is 23.8. The Labute approximate surface area is 219 Å². The van der Waals surface area contributed by atoms with Gasteiger partial charge in [0.25, 0.3) is 0 Å². The Morgan fingerprint density at radius 1 is 0.848 bits per heavy atom. The van der Waals surface area contributed by atoms with Gasteiger partial charge in [0.2, 0.25) is 0 Å².